The molecule has 0 saturated carbocycles. The highest BCUT2D eigenvalue weighted by molar-refractivity contribution is 5.89. The molecule has 1 aromatic rings. The second-order valence-electron chi connectivity index (χ2n) is 3.66. The first-order valence-corrected chi connectivity index (χ1v) is 4.89. The zero-order valence-corrected chi connectivity index (χ0v) is 9.47. The topological polar surface area (TPSA) is 29.5 Å². The van der Waals surface area contributed by atoms with Gasteiger partial charge in [-0.2, -0.15) is 0 Å². The molecule has 0 saturated heterocycles. The van der Waals surface area contributed by atoms with Gasteiger partial charge >= 0.3 is 5.97 Å². The van der Waals surface area contributed by atoms with Crippen LogP contribution >= 0.6 is 0 Å². The van der Waals surface area contributed by atoms with Gasteiger partial charge in [0.25, 0.3) is 0 Å². The zero-order valence-electron chi connectivity index (χ0n) is 9.47. The molecule has 0 aromatic heterocycles. The van der Waals surface area contributed by atoms with Crippen molar-refractivity contribution in [3.05, 3.63) is 35.1 Å². The number of esters is 1. The van der Waals surface area contributed by atoms with Crippen LogP contribution in [0.5, 0.6) is 0 Å². The lowest BCUT2D eigenvalue weighted by Gasteiger charge is -2.10. The van der Waals surface area contributed by atoms with Gasteiger partial charge in [-0.15, -0.1) is 0 Å². The van der Waals surface area contributed by atoms with E-state index < -0.39 is 29.0 Å². The maximum Gasteiger partial charge on any atom is 0.341 e. The fourth-order valence-corrected chi connectivity index (χ4v) is 1.08. The van der Waals surface area contributed by atoms with E-state index in [1.54, 1.807) is 19.0 Å². The molecule has 0 aliphatic rings. The SMILES string of the molecule is CN(C)CCOC(=O)c1ccc(F)c(F)c1F. The third kappa shape index (κ3) is 3.45. The Labute approximate surface area is 96.8 Å². The molecule has 1 aromatic carbocycles. The molecule has 0 spiro atoms. The summed E-state index contributed by atoms with van der Waals surface area (Å²) in [6.07, 6.45) is 0. The summed E-state index contributed by atoms with van der Waals surface area (Å²) in [7, 11) is 3.54. The number of nitrogens with zero attached hydrogens (tertiary/aromatic N) is 1. The number of carbonyl (C=O) groups is 1. The van der Waals surface area contributed by atoms with Crippen molar-refractivity contribution in [3.63, 3.8) is 0 Å². The quantitative estimate of drug-likeness (QED) is 0.600. The second-order valence-corrected chi connectivity index (χ2v) is 3.66. The Kier molecular flexibility index (Phi) is 4.51. The average molecular weight is 247 g/mol. The number of benzene rings is 1. The monoisotopic (exact) mass is 247 g/mol. The maximum absolute atomic E-state index is 13.2. The third-order valence-electron chi connectivity index (χ3n) is 2.03. The average Bonchev–Trinajstić information content (AvgIpc) is 2.25. The zero-order chi connectivity index (χ0) is 13.0. The van der Waals surface area contributed by atoms with Crippen molar-refractivity contribution in [3.8, 4) is 0 Å². The van der Waals surface area contributed by atoms with Crippen molar-refractivity contribution in [1.29, 1.82) is 0 Å². The lowest BCUT2D eigenvalue weighted by atomic mass is 10.2. The first kappa shape index (κ1) is 13.5. The van der Waals surface area contributed by atoms with Crippen molar-refractivity contribution in [2.24, 2.45) is 0 Å². The van der Waals surface area contributed by atoms with E-state index in [1.807, 2.05) is 0 Å². The van der Waals surface area contributed by atoms with Crippen LogP contribution in [0, 0.1) is 17.5 Å². The van der Waals surface area contributed by atoms with Gasteiger partial charge in [0.1, 0.15) is 6.61 Å². The Morgan fingerprint density at radius 2 is 1.88 bits per heavy atom. The Balaban J connectivity index is 2.73. The third-order valence-corrected chi connectivity index (χ3v) is 2.03. The second kappa shape index (κ2) is 5.67. The van der Waals surface area contributed by atoms with Gasteiger partial charge in [-0.3, -0.25) is 0 Å². The van der Waals surface area contributed by atoms with Crippen LogP contribution in [0.4, 0.5) is 13.2 Å². The largest absolute Gasteiger partial charge is 0.461 e. The van der Waals surface area contributed by atoms with Gasteiger partial charge in [0, 0.05) is 6.54 Å². The first-order valence-electron chi connectivity index (χ1n) is 4.89. The van der Waals surface area contributed by atoms with Gasteiger partial charge in [0.05, 0.1) is 5.56 Å². The lowest BCUT2D eigenvalue weighted by Crippen LogP contribution is -2.20. The van der Waals surface area contributed by atoms with E-state index in [4.69, 9.17) is 4.74 Å². The maximum atomic E-state index is 13.2. The Morgan fingerprint density at radius 3 is 2.47 bits per heavy atom. The van der Waals surface area contributed by atoms with Crippen LogP contribution in [0.25, 0.3) is 0 Å². The molecule has 1 rings (SSSR count). The number of hydrogen-bond acceptors (Lipinski definition) is 3. The molecular formula is C11H12F3NO2. The van der Waals surface area contributed by atoms with E-state index in [2.05, 4.69) is 0 Å². The minimum Gasteiger partial charge on any atom is -0.461 e. The summed E-state index contributed by atoms with van der Waals surface area (Å²) in [5.74, 6) is -5.55. The van der Waals surface area contributed by atoms with Gasteiger partial charge in [-0.25, -0.2) is 18.0 Å². The normalized spacial score (nSPS) is 10.7. The molecule has 0 radical (unpaired) electrons. The minimum absolute atomic E-state index is 0.0459. The molecule has 0 bridgehead atoms. The molecule has 0 heterocycles. The van der Waals surface area contributed by atoms with Crippen LogP contribution in [-0.2, 0) is 4.74 Å². The van der Waals surface area contributed by atoms with Crippen molar-refractivity contribution < 1.29 is 22.7 Å². The molecule has 0 aliphatic heterocycles. The molecular weight excluding hydrogens is 235 g/mol. The first-order chi connectivity index (χ1) is 7.93. The van der Waals surface area contributed by atoms with Gasteiger partial charge in [-0.05, 0) is 26.2 Å². The van der Waals surface area contributed by atoms with Crippen LogP contribution < -0.4 is 0 Å². The van der Waals surface area contributed by atoms with Crippen molar-refractivity contribution in [1.82, 2.24) is 4.90 Å². The van der Waals surface area contributed by atoms with Crippen LogP contribution in [0.3, 0.4) is 0 Å². The smallest absolute Gasteiger partial charge is 0.341 e. The predicted octanol–water partition coefficient (Wildman–Crippen LogP) is 1.82. The van der Waals surface area contributed by atoms with Crippen LogP contribution in [0.15, 0.2) is 12.1 Å². The highest BCUT2D eigenvalue weighted by Crippen LogP contribution is 2.15. The summed E-state index contributed by atoms with van der Waals surface area (Å²) in [6.45, 7) is 0.501. The molecule has 0 fully saturated rings. The van der Waals surface area contributed by atoms with Gasteiger partial charge in [-0.1, -0.05) is 0 Å². The predicted molar refractivity (Wildman–Crippen MR) is 55.2 cm³/mol. The van der Waals surface area contributed by atoms with E-state index in [0.717, 1.165) is 6.07 Å². The van der Waals surface area contributed by atoms with Gasteiger partial charge in [0.15, 0.2) is 17.5 Å². The Hall–Kier alpha value is -1.56. The Bertz CT molecular complexity index is 421. The molecule has 0 N–H and O–H groups in total. The number of likely N-dealkylation sites (N-methyl/N-ethyl adjacent to an activating group) is 1. The highest BCUT2D eigenvalue weighted by Gasteiger charge is 2.19. The molecule has 17 heavy (non-hydrogen) atoms. The number of ether oxygens (including phenoxy) is 1. The molecule has 0 atom stereocenters. The van der Waals surface area contributed by atoms with Crippen LogP contribution in [0.2, 0.25) is 0 Å². The summed E-state index contributed by atoms with van der Waals surface area (Å²) in [5, 5.41) is 0. The minimum atomic E-state index is -1.67. The number of halogens is 3. The van der Waals surface area contributed by atoms with Crippen LogP contribution in [-0.4, -0.2) is 38.1 Å². The molecule has 0 unspecified atom stereocenters. The van der Waals surface area contributed by atoms with Crippen molar-refractivity contribution >= 4 is 5.97 Å². The standard InChI is InChI=1S/C11H12F3NO2/c1-15(2)5-6-17-11(16)7-3-4-8(12)10(14)9(7)13/h3-4H,5-6H2,1-2H3. The number of carbonyl (C=O) groups excluding carboxylic acids is 1. The molecule has 0 aliphatic carbocycles. The summed E-state index contributed by atoms with van der Waals surface area (Å²) in [5.41, 5.74) is -0.609. The molecule has 6 heteroatoms. The highest BCUT2D eigenvalue weighted by atomic mass is 19.2. The number of rotatable bonds is 4. The van der Waals surface area contributed by atoms with Crippen LogP contribution in [0.1, 0.15) is 10.4 Å². The van der Waals surface area contributed by atoms with E-state index >= 15 is 0 Å². The number of hydrogen-bond donors (Lipinski definition) is 0. The summed E-state index contributed by atoms with van der Waals surface area (Å²) >= 11 is 0. The Morgan fingerprint density at radius 1 is 1.24 bits per heavy atom. The van der Waals surface area contributed by atoms with E-state index in [9.17, 15) is 18.0 Å². The van der Waals surface area contributed by atoms with Crippen molar-refractivity contribution in [2.75, 3.05) is 27.2 Å². The fourth-order valence-electron chi connectivity index (χ4n) is 1.08. The molecule has 0 amide bonds. The summed E-state index contributed by atoms with van der Waals surface area (Å²) in [4.78, 5) is 13.1. The van der Waals surface area contributed by atoms with Gasteiger partial charge < -0.3 is 9.64 Å². The van der Waals surface area contributed by atoms with E-state index in [1.165, 1.54) is 0 Å². The van der Waals surface area contributed by atoms with E-state index in [-0.39, 0.29) is 6.61 Å². The van der Waals surface area contributed by atoms with Gasteiger partial charge in [0.2, 0.25) is 0 Å². The van der Waals surface area contributed by atoms with Crippen molar-refractivity contribution in [2.45, 2.75) is 0 Å². The fraction of sp³-hybridized carbons (Fsp3) is 0.364. The summed E-state index contributed by atoms with van der Waals surface area (Å²) in [6, 6.07) is 1.53. The molecule has 3 nitrogen and oxygen atoms in total. The lowest BCUT2D eigenvalue weighted by molar-refractivity contribution is 0.0475. The summed E-state index contributed by atoms with van der Waals surface area (Å²) < 4.78 is 43.3. The molecule has 94 valence electrons. The van der Waals surface area contributed by atoms with E-state index in [0.29, 0.717) is 12.6 Å².